The van der Waals surface area contributed by atoms with Crippen LogP contribution in [-0.4, -0.2) is 28.3 Å². The smallest absolute Gasteiger partial charge is 0.227 e. The van der Waals surface area contributed by atoms with E-state index in [-0.39, 0.29) is 17.7 Å². The first-order valence-electron chi connectivity index (χ1n) is 7.45. The Kier molecular flexibility index (Phi) is 3.56. The molecule has 22 heavy (non-hydrogen) atoms. The van der Waals surface area contributed by atoms with Gasteiger partial charge in [-0.25, -0.2) is 4.98 Å². The molecule has 0 fully saturated rings. The van der Waals surface area contributed by atoms with Crippen LogP contribution in [0.15, 0.2) is 30.7 Å². The number of ketones is 1. The van der Waals surface area contributed by atoms with E-state index in [2.05, 4.69) is 4.98 Å². The summed E-state index contributed by atoms with van der Waals surface area (Å²) < 4.78 is 1.87. The van der Waals surface area contributed by atoms with Crippen molar-refractivity contribution in [3.63, 3.8) is 0 Å². The minimum atomic E-state index is -0.0337. The number of benzene rings is 1. The van der Waals surface area contributed by atoms with E-state index in [0.717, 1.165) is 11.3 Å². The van der Waals surface area contributed by atoms with Crippen molar-refractivity contribution in [1.29, 1.82) is 0 Å². The summed E-state index contributed by atoms with van der Waals surface area (Å²) in [6.45, 7) is 4.04. The zero-order chi connectivity index (χ0) is 15.9. The zero-order valence-electron chi connectivity index (χ0n) is 13.0. The molecular weight excluding hydrogens is 278 g/mol. The molecule has 0 aliphatic carbocycles. The van der Waals surface area contributed by atoms with Crippen LogP contribution in [0.1, 0.15) is 47.9 Å². The van der Waals surface area contributed by atoms with E-state index in [1.165, 1.54) is 0 Å². The number of anilines is 1. The molecular formula is C17H19N3O2. The molecule has 0 saturated heterocycles. The van der Waals surface area contributed by atoms with Crippen molar-refractivity contribution < 1.29 is 9.59 Å². The fourth-order valence-electron chi connectivity index (χ4n) is 2.84. The van der Waals surface area contributed by atoms with Crippen LogP contribution in [0.4, 0.5) is 5.69 Å². The lowest BCUT2D eigenvalue weighted by atomic mass is 9.97. The van der Waals surface area contributed by atoms with E-state index >= 15 is 0 Å². The lowest BCUT2D eigenvalue weighted by molar-refractivity contribution is -0.118. The zero-order valence-corrected chi connectivity index (χ0v) is 13.0. The molecule has 0 N–H and O–H groups in total. The number of aromatic nitrogens is 2. The highest BCUT2D eigenvalue weighted by Crippen LogP contribution is 2.28. The Bertz CT molecular complexity index is 746. The van der Waals surface area contributed by atoms with Gasteiger partial charge in [0.25, 0.3) is 0 Å². The van der Waals surface area contributed by atoms with Gasteiger partial charge in [-0.2, -0.15) is 0 Å². The van der Waals surface area contributed by atoms with Gasteiger partial charge in [-0.1, -0.05) is 0 Å². The second-order valence-electron chi connectivity index (χ2n) is 5.91. The third-order valence-electron chi connectivity index (χ3n) is 4.14. The van der Waals surface area contributed by atoms with Crippen molar-refractivity contribution in [2.24, 2.45) is 0 Å². The monoisotopic (exact) mass is 297 g/mol. The summed E-state index contributed by atoms with van der Waals surface area (Å²) in [5.74, 6) is 0.0815. The summed E-state index contributed by atoms with van der Waals surface area (Å²) in [4.78, 5) is 30.2. The van der Waals surface area contributed by atoms with Gasteiger partial charge in [0.1, 0.15) is 5.69 Å². The number of aryl methyl sites for hydroxylation is 1. The number of carbonyl (C=O) groups is 2. The van der Waals surface area contributed by atoms with Crippen LogP contribution in [0.3, 0.4) is 0 Å². The number of imidazole rings is 1. The number of rotatable bonds is 3. The number of hydrogen-bond donors (Lipinski definition) is 0. The summed E-state index contributed by atoms with van der Waals surface area (Å²) in [5, 5.41) is 0. The van der Waals surface area contributed by atoms with Crippen molar-refractivity contribution in [2.45, 2.75) is 32.7 Å². The maximum Gasteiger partial charge on any atom is 0.227 e. The molecule has 1 aliphatic heterocycles. The Morgan fingerprint density at radius 1 is 1.27 bits per heavy atom. The van der Waals surface area contributed by atoms with Crippen molar-refractivity contribution in [3.05, 3.63) is 47.5 Å². The fourth-order valence-corrected chi connectivity index (χ4v) is 2.84. The minimum absolute atomic E-state index is 0.0337. The van der Waals surface area contributed by atoms with Gasteiger partial charge in [-0.3, -0.25) is 9.59 Å². The Hall–Kier alpha value is -2.43. The fraction of sp³-hybridized carbons (Fsp3) is 0.353. The molecule has 1 aliphatic rings. The van der Waals surface area contributed by atoms with Gasteiger partial charge >= 0.3 is 0 Å². The van der Waals surface area contributed by atoms with Crippen LogP contribution in [0.2, 0.25) is 0 Å². The Morgan fingerprint density at radius 2 is 2.05 bits per heavy atom. The van der Waals surface area contributed by atoms with Crippen LogP contribution in [0.25, 0.3) is 0 Å². The molecule has 5 nitrogen and oxygen atoms in total. The molecule has 1 aromatic carbocycles. The van der Waals surface area contributed by atoms with Crippen molar-refractivity contribution >= 4 is 17.4 Å². The highest BCUT2D eigenvalue weighted by molar-refractivity contribution is 6.08. The predicted molar refractivity (Wildman–Crippen MR) is 84.2 cm³/mol. The number of fused-ring (bicyclic) bond motifs is 1. The molecule has 1 amide bonds. The maximum absolute atomic E-state index is 12.7. The molecule has 0 spiro atoms. The lowest BCUT2D eigenvalue weighted by Crippen LogP contribution is -2.31. The SMILES string of the molecule is CC(C)n1cncc1C(=O)c1ccc2c(c1)CCC(=O)N2C. The Morgan fingerprint density at radius 3 is 2.77 bits per heavy atom. The summed E-state index contributed by atoms with van der Waals surface area (Å²) in [7, 11) is 1.77. The third kappa shape index (κ3) is 2.32. The van der Waals surface area contributed by atoms with Crippen LogP contribution in [0, 0.1) is 0 Å². The van der Waals surface area contributed by atoms with Gasteiger partial charge in [0, 0.05) is 30.8 Å². The average molecular weight is 297 g/mol. The van der Waals surface area contributed by atoms with Crippen LogP contribution >= 0.6 is 0 Å². The van der Waals surface area contributed by atoms with Gasteiger partial charge in [0.05, 0.1) is 12.5 Å². The second-order valence-corrected chi connectivity index (χ2v) is 5.91. The van der Waals surface area contributed by atoms with Crippen LogP contribution in [0.5, 0.6) is 0 Å². The van der Waals surface area contributed by atoms with E-state index in [0.29, 0.717) is 24.1 Å². The summed E-state index contributed by atoms with van der Waals surface area (Å²) >= 11 is 0. The van der Waals surface area contributed by atoms with E-state index in [1.54, 1.807) is 30.5 Å². The first kappa shape index (κ1) is 14.5. The standard InChI is InChI=1S/C17H19N3O2/c1-11(2)20-10-18-9-15(20)17(22)13-4-6-14-12(8-13)5-7-16(21)19(14)3/h4,6,8-11H,5,7H2,1-3H3. The molecule has 0 atom stereocenters. The average Bonchev–Trinajstić information content (AvgIpc) is 2.99. The van der Waals surface area contributed by atoms with Crippen molar-refractivity contribution in [3.8, 4) is 0 Å². The molecule has 2 aromatic rings. The van der Waals surface area contributed by atoms with E-state index in [1.807, 2.05) is 30.5 Å². The van der Waals surface area contributed by atoms with Gasteiger partial charge < -0.3 is 9.47 Å². The molecule has 2 heterocycles. The Labute approximate surface area is 129 Å². The molecule has 114 valence electrons. The first-order valence-corrected chi connectivity index (χ1v) is 7.45. The van der Waals surface area contributed by atoms with Gasteiger partial charge in [0.2, 0.25) is 11.7 Å². The van der Waals surface area contributed by atoms with E-state index in [9.17, 15) is 9.59 Å². The molecule has 1 aromatic heterocycles. The molecule has 0 radical (unpaired) electrons. The van der Waals surface area contributed by atoms with E-state index in [4.69, 9.17) is 0 Å². The van der Waals surface area contributed by atoms with Gasteiger partial charge in [0.15, 0.2) is 0 Å². The Balaban J connectivity index is 1.98. The van der Waals surface area contributed by atoms with Crippen molar-refractivity contribution in [2.75, 3.05) is 11.9 Å². The van der Waals surface area contributed by atoms with Crippen LogP contribution in [-0.2, 0) is 11.2 Å². The predicted octanol–water partition coefficient (Wildman–Crippen LogP) is 2.60. The van der Waals surface area contributed by atoms with Crippen LogP contribution < -0.4 is 4.90 Å². The van der Waals surface area contributed by atoms with Gasteiger partial charge in [-0.05, 0) is 44.0 Å². The highest BCUT2D eigenvalue weighted by Gasteiger charge is 2.23. The summed E-state index contributed by atoms with van der Waals surface area (Å²) in [6, 6.07) is 5.73. The highest BCUT2D eigenvalue weighted by atomic mass is 16.2. The molecule has 3 rings (SSSR count). The minimum Gasteiger partial charge on any atom is -0.325 e. The summed E-state index contributed by atoms with van der Waals surface area (Å²) in [5.41, 5.74) is 3.17. The first-order chi connectivity index (χ1) is 10.5. The molecule has 0 unspecified atom stereocenters. The topological polar surface area (TPSA) is 55.2 Å². The van der Waals surface area contributed by atoms with Gasteiger partial charge in [-0.15, -0.1) is 0 Å². The summed E-state index contributed by atoms with van der Waals surface area (Å²) in [6.07, 6.45) is 4.47. The lowest BCUT2D eigenvalue weighted by Gasteiger charge is -2.26. The number of nitrogens with zero attached hydrogens (tertiary/aromatic N) is 3. The third-order valence-corrected chi connectivity index (χ3v) is 4.14. The second kappa shape index (κ2) is 5.40. The van der Waals surface area contributed by atoms with Crippen molar-refractivity contribution in [1.82, 2.24) is 9.55 Å². The van der Waals surface area contributed by atoms with E-state index < -0.39 is 0 Å². The maximum atomic E-state index is 12.7. The largest absolute Gasteiger partial charge is 0.325 e. The molecule has 0 bridgehead atoms. The number of hydrogen-bond acceptors (Lipinski definition) is 3. The number of amides is 1. The molecule has 0 saturated carbocycles. The molecule has 5 heteroatoms. The normalized spacial score (nSPS) is 14.4. The number of carbonyl (C=O) groups excluding carboxylic acids is 2. The quantitative estimate of drug-likeness (QED) is 0.818.